The third-order valence-electron chi connectivity index (χ3n) is 3.88. The van der Waals surface area contributed by atoms with Gasteiger partial charge in [-0.2, -0.15) is 0 Å². The molecule has 2 aliphatic heterocycles. The molecular weight excluding hydrogens is 288 g/mol. The Balaban J connectivity index is 1.77. The molecule has 0 radical (unpaired) electrons. The van der Waals surface area contributed by atoms with Crippen LogP contribution >= 0.6 is 0 Å². The molecule has 1 N–H and O–H groups in total. The lowest BCUT2D eigenvalue weighted by molar-refractivity contribution is -0.00534. The van der Waals surface area contributed by atoms with Crippen molar-refractivity contribution in [2.75, 3.05) is 40.6 Å². The van der Waals surface area contributed by atoms with Crippen LogP contribution in [-0.2, 0) is 18.9 Å². The molecule has 7 heteroatoms. The number of nitrogens with zero attached hydrogens (tertiary/aromatic N) is 2. The van der Waals surface area contributed by atoms with E-state index in [1.165, 1.54) is 0 Å². The molecule has 2 rings (SSSR count). The number of aliphatic imine (C=N–C) groups is 1. The van der Waals surface area contributed by atoms with Crippen LogP contribution in [-0.4, -0.2) is 81.1 Å². The number of aliphatic hydroxyl groups excluding tert-OH is 1. The molecule has 0 aromatic heterocycles. The third kappa shape index (κ3) is 4.32. The summed E-state index contributed by atoms with van der Waals surface area (Å²) >= 11 is 0. The standard InChI is InChI=1S/C15H28N2O5/c1-10(2)5-6-19-9-17(4)15(16-3)22-12-8-21-13-11(18)7-20-14(12)13/h10-14,18H,5-9H2,1-4H3. The van der Waals surface area contributed by atoms with Crippen LogP contribution in [0, 0.1) is 5.92 Å². The maximum Gasteiger partial charge on any atom is 0.289 e. The van der Waals surface area contributed by atoms with E-state index < -0.39 is 6.10 Å². The van der Waals surface area contributed by atoms with E-state index in [0.29, 0.717) is 38.5 Å². The zero-order valence-electron chi connectivity index (χ0n) is 13.9. The predicted octanol–water partition coefficient (Wildman–Crippen LogP) is 0.468. The summed E-state index contributed by atoms with van der Waals surface area (Å²) in [5.41, 5.74) is 0. The Kier molecular flexibility index (Phi) is 6.43. The van der Waals surface area contributed by atoms with Crippen molar-refractivity contribution in [1.29, 1.82) is 0 Å². The number of fused-ring (bicyclic) bond motifs is 1. The lowest BCUT2D eigenvalue weighted by Gasteiger charge is -2.25. The lowest BCUT2D eigenvalue weighted by atomic mass is 10.1. The largest absolute Gasteiger partial charge is 0.456 e. The molecule has 2 saturated heterocycles. The molecule has 0 aliphatic carbocycles. The summed E-state index contributed by atoms with van der Waals surface area (Å²) < 4.78 is 22.6. The molecule has 128 valence electrons. The van der Waals surface area contributed by atoms with E-state index in [2.05, 4.69) is 18.8 Å². The van der Waals surface area contributed by atoms with Gasteiger partial charge in [0.05, 0.1) is 13.2 Å². The quantitative estimate of drug-likeness (QED) is 0.332. The Bertz CT molecular complexity index is 377. The molecular formula is C15H28N2O5. The fourth-order valence-corrected chi connectivity index (χ4v) is 2.57. The van der Waals surface area contributed by atoms with E-state index in [0.717, 1.165) is 6.42 Å². The van der Waals surface area contributed by atoms with Crippen LogP contribution < -0.4 is 0 Å². The highest BCUT2D eigenvalue weighted by atomic mass is 16.6. The summed E-state index contributed by atoms with van der Waals surface area (Å²) in [5.74, 6) is 0.624. The predicted molar refractivity (Wildman–Crippen MR) is 81.8 cm³/mol. The van der Waals surface area contributed by atoms with Crippen LogP contribution in [0.5, 0.6) is 0 Å². The molecule has 4 atom stereocenters. The first-order chi connectivity index (χ1) is 10.5. The number of rotatable bonds is 6. The SMILES string of the molecule is CN=C(OC1COC2C(O)COC12)N(C)COCCC(C)C. The van der Waals surface area contributed by atoms with Crippen LogP contribution in [0.3, 0.4) is 0 Å². The van der Waals surface area contributed by atoms with Gasteiger partial charge in [-0.25, -0.2) is 4.99 Å². The van der Waals surface area contributed by atoms with E-state index in [9.17, 15) is 5.11 Å². The van der Waals surface area contributed by atoms with Gasteiger partial charge in [0, 0.05) is 20.7 Å². The first kappa shape index (κ1) is 17.5. The normalized spacial score (nSPS) is 31.6. The molecule has 4 unspecified atom stereocenters. The van der Waals surface area contributed by atoms with Crippen molar-refractivity contribution in [2.45, 2.75) is 44.7 Å². The van der Waals surface area contributed by atoms with Gasteiger partial charge in [0.25, 0.3) is 6.02 Å². The van der Waals surface area contributed by atoms with Gasteiger partial charge in [0.1, 0.15) is 25.0 Å². The summed E-state index contributed by atoms with van der Waals surface area (Å²) in [6.07, 6.45) is -0.325. The second kappa shape index (κ2) is 8.10. The van der Waals surface area contributed by atoms with E-state index in [1.807, 2.05) is 11.9 Å². The molecule has 7 nitrogen and oxygen atoms in total. The van der Waals surface area contributed by atoms with Crippen LogP contribution in [0.1, 0.15) is 20.3 Å². The van der Waals surface area contributed by atoms with Crippen molar-refractivity contribution in [1.82, 2.24) is 4.90 Å². The summed E-state index contributed by atoms with van der Waals surface area (Å²) in [7, 11) is 3.55. The highest BCUT2D eigenvalue weighted by Gasteiger charge is 2.48. The summed E-state index contributed by atoms with van der Waals surface area (Å²) in [6, 6.07) is 0.490. The van der Waals surface area contributed by atoms with Gasteiger partial charge in [-0.3, -0.25) is 0 Å². The summed E-state index contributed by atoms with van der Waals surface area (Å²) in [4.78, 5) is 5.98. The van der Waals surface area contributed by atoms with E-state index in [-0.39, 0.29) is 18.3 Å². The summed E-state index contributed by atoms with van der Waals surface area (Å²) in [6.45, 7) is 6.16. The van der Waals surface area contributed by atoms with Crippen LogP contribution in [0.2, 0.25) is 0 Å². The zero-order valence-corrected chi connectivity index (χ0v) is 13.9. The number of ether oxygens (including phenoxy) is 4. The van der Waals surface area contributed by atoms with Gasteiger partial charge in [0.15, 0.2) is 6.10 Å². The number of hydrogen-bond donors (Lipinski definition) is 1. The lowest BCUT2D eigenvalue weighted by Crippen LogP contribution is -2.39. The Morgan fingerprint density at radius 2 is 2.05 bits per heavy atom. The second-order valence-electron chi connectivity index (χ2n) is 6.24. The van der Waals surface area contributed by atoms with Crippen LogP contribution in [0.25, 0.3) is 0 Å². The minimum absolute atomic E-state index is 0.234. The van der Waals surface area contributed by atoms with Crippen molar-refractivity contribution in [3.8, 4) is 0 Å². The average molecular weight is 316 g/mol. The molecule has 22 heavy (non-hydrogen) atoms. The molecule has 0 saturated carbocycles. The fourth-order valence-electron chi connectivity index (χ4n) is 2.57. The molecule has 0 bridgehead atoms. The van der Waals surface area contributed by atoms with Crippen molar-refractivity contribution in [2.24, 2.45) is 10.9 Å². The van der Waals surface area contributed by atoms with Gasteiger partial charge in [-0.1, -0.05) is 13.8 Å². The molecule has 0 aromatic carbocycles. The molecule has 0 aromatic rings. The van der Waals surface area contributed by atoms with Crippen molar-refractivity contribution in [3.05, 3.63) is 0 Å². The first-order valence-corrected chi connectivity index (χ1v) is 7.86. The first-order valence-electron chi connectivity index (χ1n) is 7.86. The second-order valence-corrected chi connectivity index (χ2v) is 6.24. The topological polar surface area (TPSA) is 72.8 Å². The minimum Gasteiger partial charge on any atom is -0.456 e. The Hall–Kier alpha value is -0.890. The van der Waals surface area contributed by atoms with Crippen molar-refractivity contribution in [3.63, 3.8) is 0 Å². The molecule has 2 fully saturated rings. The maximum atomic E-state index is 9.74. The molecule has 2 aliphatic rings. The van der Waals surface area contributed by atoms with Crippen LogP contribution in [0.4, 0.5) is 0 Å². The highest BCUT2D eigenvalue weighted by molar-refractivity contribution is 5.73. The fraction of sp³-hybridized carbons (Fsp3) is 0.933. The number of aliphatic hydroxyl groups is 1. The van der Waals surface area contributed by atoms with Gasteiger partial charge in [-0.15, -0.1) is 0 Å². The third-order valence-corrected chi connectivity index (χ3v) is 3.88. The van der Waals surface area contributed by atoms with E-state index in [4.69, 9.17) is 18.9 Å². The molecule has 0 spiro atoms. The van der Waals surface area contributed by atoms with Crippen molar-refractivity contribution >= 4 is 6.02 Å². The average Bonchev–Trinajstić information content (AvgIpc) is 3.04. The molecule has 2 heterocycles. The Morgan fingerprint density at radius 3 is 2.73 bits per heavy atom. The molecule has 0 amide bonds. The van der Waals surface area contributed by atoms with E-state index in [1.54, 1.807) is 7.05 Å². The Morgan fingerprint density at radius 1 is 1.32 bits per heavy atom. The summed E-state index contributed by atoms with van der Waals surface area (Å²) in [5, 5.41) is 9.74. The van der Waals surface area contributed by atoms with Gasteiger partial charge >= 0.3 is 0 Å². The number of hydrogen-bond acceptors (Lipinski definition) is 6. The maximum absolute atomic E-state index is 9.74. The highest BCUT2D eigenvalue weighted by Crippen LogP contribution is 2.29. The zero-order chi connectivity index (χ0) is 16.1. The minimum atomic E-state index is -0.572. The van der Waals surface area contributed by atoms with E-state index >= 15 is 0 Å². The number of amidine groups is 1. The monoisotopic (exact) mass is 316 g/mol. The smallest absolute Gasteiger partial charge is 0.289 e. The van der Waals surface area contributed by atoms with Crippen molar-refractivity contribution < 1.29 is 24.1 Å². The van der Waals surface area contributed by atoms with Gasteiger partial charge in [-0.05, 0) is 12.3 Å². The van der Waals surface area contributed by atoms with Crippen LogP contribution in [0.15, 0.2) is 4.99 Å². The Labute approximate surface area is 132 Å². The van der Waals surface area contributed by atoms with Gasteiger partial charge in [0.2, 0.25) is 0 Å². The van der Waals surface area contributed by atoms with Gasteiger partial charge < -0.3 is 29.0 Å².